The van der Waals surface area contributed by atoms with Crippen LogP contribution >= 0.6 is 0 Å². The highest BCUT2D eigenvalue weighted by Crippen LogP contribution is 2.25. The van der Waals surface area contributed by atoms with Gasteiger partial charge in [-0.15, -0.1) is 0 Å². The van der Waals surface area contributed by atoms with Crippen molar-refractivity contribution < 1.29 is 5.11 Å². The Hall–Kier alpha value is -0.860. The first kappa shape index (κ1) is 9.69. The minimum atomic E-state index is -0.156. The van der Waals surface area contributed by atoms with Crippen LogP contribution in [0.5, 0.6) is 0 Å². The van der Waals surface area contributed by atoms with E-state index in [1.807, 2.05) is 18.2 Å². The van der Waals surface area contributed by atoms with Crippen molar-refractivity contribution in [3.05, 3.63) is 35.9 Å². The molecule has 0 bridgehead atoms. The minimum Gasteiger partial charge on any atom is -0.393 e. The predicted octanol–water partition coefficient (Wildman–Crippen LogP) is 1.86. The number of rotatable bonds is 1. The molecule has 0 radical (unpaired) electrons. The first-order valence-corrected chi connectivity index (χ1v) is 5.25. The van der Waals surface area contributed by atoms with Gasteiger partial charge in [-0.1, -0.05) is 30.3 Å². The van der Waals surface area contributed by atoms with E-state index in [4.69, 9.17) is 0 Å². The smallest absolute Gasteiger partial charge is 0.0573 e. The molecule has 2 N–H and O–H groups in total. The van der Waals surface area contributed by atoms with Gasteiger partial charge in [0.05, 0.1) is 6.10 Å². The highest BCUT2D eigenvalue weighted by atomic mass is 16.3. The Morgan fingerprint density at radius 1 is 1.21 bits per heavy atom. The molecule has 1 aromatic rings. The fraction of sp³-hybridized carbons (Fsp3) is 0.500. The zero-order valence-corrected chi connectivity index (χ0v) is 8.48. The van der Waals surface area contributed by atoms with Gasteiger partial charge in [-0.3, -0.25) is 0 Å². The fourth-order valence-corrected chi connectivity index (χ4v) is 2.17. The monoisotopic (exact) mass is 191 g/mol. The number of aliphatic hydroxyl groups excluding tert-OH is 1. The maximum atomic E-state index is 9.67. The lowest BCUT2D eigenvalue weighted by atomic mass is 9.92. The van der Waals surface area contributed by atoms with Crippen molar-refractivity contribution in [3.63, 3.8) is 0 Å². The molecule has 1 aromatic carbocycles. The largest absolute Gasteiger partial charge is 0.393 e. The lowest BCUT2D eigenvalue weighted by Crippen LogP contribution is -2.40. The molecule has 0 amide bonds. The number of hydrogen-bond acceptors (Lipinski definition) is 2. The van der Waals surface area contributed by atoms with Crippen molar-refractivity contribution in [2.24, 2.45) is 0 Å². The van der Waals surface area contributed by atoms with Gasteiger partial charge in [0.15, 0.2) is 0 Å². The van der Waals surface area contributed by atoms with Crippen LogP contribution in [0, 0.1) is 0 Å². The highest BCUT2D eigenvalue weighted by molar-refractivity contribution is 5.19. The van der Waals surface area contributed by atoms with Crippen LogP contribution in [0.15, 0.2) is 30.3 Å². The number of aliphatic hydroxyl groups is 1. The van der Waals surface area contributed by atoms with Crippen molar-refractivity contribution in [2.75, 3.05) is 0 Å². The average molecular weight is 191 g/mol. The van der Waals surface area contributed by atoms with Gasteiger partial charge in [-0.2, -0.15) is 0 Å². The molecule has 0 unspecified atom stereocenters. The van der Waals surface area contributed by atoms with E-state index in [1.54, 1.807) is 0 Å². The molecule has 2 heteroatoms. The Kier molecular flexibility index (Phi) is 2.85. The SMILES string of the molecule is C[C@H]1C[C@@H](O)C[C@@H](c2ccccc2)N1. The zero-order chi connectivity index (χ0) is 9.97. The van der Waals surface area contributed by atoms with Gasteiger partial charge in [-0.05, 0) is 25.3 Å². The summed E-state index contributed by atoms with van der Waals surface area (Å²) in [5.74, 6) is 0. The lowest BCUT2D eigenvalue weighted by molar-refractivity contribution is 0.0975. The second-order valence-electron chi connectivity index (χ2n) is 4.16. The molecule has 76 valence electrons. The predicted molar refractivity (Wildman–Crippen MR) is 57.0 cm³/mol. The second kappa shape index (κ2) is 4.11. The molecule has 1 saturated heterocycles. The van der Waals surface area contributed by atoms with Crippen molar-refractivity contribution in [1.29, 1.82) is 0 Å². The molecule has 3 atom stereocenters. The maximum absolute atomic E-state index is 9.67. The van der Waals surface area contributed by atoms with E-state index >= 15 is 0 Å². The summed E-state index contributed by atoms with van der Waals surface area (Å²) in [6, 6.07) is 11.1. The van der Waals surface area contributed by atoms with Gasteiger partial charge in [0.1, 0.15) is 0 Å². The zero-order valence-electron chi connectivity index (χ0n) is 8.48. The first-order chi connectivity index (χ1) is 6.75. The van der Waals surface area contributed by atoms with Gasteiger partial charge in [0.2, 0.25) is 0 Å². The van der Waals surface area contributed by atoms with Crippen molar-refractivity contribution >= 4 is 0 Å². The molecule has 1 aliphatic rings. The van der Waals surface area contributed by atoms with Gasteiger partial charge in [0, 0.05) is 12.1 Å². The van der Waals surface area contributed by atoms with Gasteiger partial charge >= 0.3 is 0 Å². The van der Waals surface area contributed by atoms with E-state index in [9.17, 15) is 5.11 Å². The molecule has 0 spiro atoms. The van der Waals surface area contributed by atoms with E-state index in [0.29, 0.717) is 12.1 Å². The summed E-state index contributed by atoms with van der Waals surface area (Å²) in [4.78, 5) is 0. The van der Waals surface area contributed by atoms with E-state index < -0.39 is 0 Å². The number of nitrogens with one attached hydrogen (secondary N) is 1. The third-order valence-corrected chi connectivity index (χ3v) is 2.82. The summed E-state index contributed by atoms with van der Waals surface area (Å²) in [6.07, 6.45) is 1.54. The molecular weight excluding hydrogens is 174 g/mol. The Morgan fingerprint density at radius 3 is 2.57 bits per heavy atom. The highest BCUT2D eigenvalue weighted by Gasteiger charge is 2.24. The summed E-state index contributed by atoms with van der Waals surface area (Å²) >= 11 is 0. The average Bonchev–Trinajstić information content (AvgIpc) is 2.18. The molecule has 1 aliphatic heterocycles. The lowest BCUT2D eigenvalue weighted by Gasteiger charge is -2.32. The third kappa shape index (κ3) is 2.14. The van der Waals surface area contributed by atoms with Crippen LogP contribution < -0.4 is 5.32 Å². The summed E-state index contributed by atoms with van der Waals surface area (Å²) in [6.45, 7) is 2.12. The Balaban J connectivity index is 2.11. The molecule has 2 rings (SSSR count). The van der Waals surface area contributed by atoms with E-state index in [0.717, 1.165) is 12.8 Å². The van der Waals surface area contributed by atoms with Gasteiger partial charge in [-0.25, -0.2) is 0 Å². The van der Waals surface area contributed by atoms with E-state index in [1.165, 1.54) is 5.56 Å². The normalized spacial score (nSPS) is 32.9. The van der Waals surface area contributed by atoms with Crippen molar-refractivity contribution in [3.8, 4) is 0 Å². The van der Waals surface area contributed by atoms with Crippen LogP contribution in [-0.2, 0) is 0 Å². The van der Waals surface area contributed by atoms with E-state index in [2.05, 4.69) is 24.4 Å². The van der Waals surface area contributed by atoms with Crippen LogP contribution in [0.4, 0.5) is 0 Å². The summed E-state index contributed by atoms with van der Waals surface area (Å²) < 4.78 is 0. The quantitative estimate of drug-likeness (QED) is 0.710. The molecule has 0 saturated carbocycles. The van der Waals surface area contributed by atoms with Crippen LogP contribution in [0.2, 0.25) is 0 Å². The third-order valence-electron chi connectivity index (χ3n) is 2.82. The second-order valence-corrected chi connectivity index (χ2v) is 4.16. The van der Waals surface area contributed by atoms with Crippen LogP contribution in [0.25, 0.3) is 0 Å². The molecule has 0 aliphatic carbocycles. The van der Waals surface area contributed by atoms with Crippen molar-refractivity contribution in [1.82, 2.24) is 5.32 Å². The Morgan fingerprint density at radius 2 is 1.93 bits per heavy atom. The van der Waals surface area contributed by atoms with E-state index in [-0.39, 0.29) is 6.10 Å². The fourth-order valence-electron chi connectivity index (χ4n) is 2.17. The molecule has 2 nitrogen and oxygen atoms in total. The summed E-state index contributed by atoms with van der Waals surface area (Å²) in [5.41, 5.74) is 1.28. The Bertz CT molecular complexity index is 276. The van der Waals surface area contributed by atoms with Crippen LogP contribution in [-0.4, -0.2) is 17.3 Å². The molecule has 1 heterocycles. The first-order valence-electron chi connectivity index (χ1n) is 5.25. The topological polar surface area (TPSA) is 32.3 Å². The number of benzene rings is 1. The van der Waals surface area contributed by atoms with Crippen LogP contribution in [0.1, 0.15) is 31.4 Å². The molecule has 1 fully saturated rings. The number of piperidine rings is 1. The van der Waals surface area contributed by atoms with Crippen LogP contribution in [0.3, 0.4) is 0 Å². The maximum Gasteiger partial charge on any atom is 0.0573 e. The molecular formula is C12H17NO. The van der Waals surface area contributed by atoms with Gasteiger partial charge < -0.3 is 10.4 Å². The summed E-state index contributed by atoms with van der Waals surface area (Å²) in [5, 5.41) is 13.2. The minimum absolute atomic E-state index is 0.156. The van der Waals surface area contributed by atoms with Gasteiger partial charge in [0.25, 0.3) is 0 Å². The van der Waals surface area contributed by atoms with Crippen molar-refractivity contribution in [2.45, 2.75) is 38.0 Å². The summed E-state index contributed by atoms with van der Waals surface area (Å²) in [7, 11) is 0. The number of hydrogen-bond donors (Lipinski definition) is 2. The Labute approximate surface area is 85.0 Å². The molecule has 0 aromatic heterocycles. The molecule has 14 heavy (non-hydrogen) atoms. The standard InChI is InChI=1S/C12H17NO/c1-9-7-11(14)8-12(13-9)10-5-3-2-4-6-10/h2-6,9,11-14H,7-8H2,1H3/t9-,11+,12-/m0/s1.